The summed E-state index contributed by atoms with van der Waals surface area (Å²) >= 11 is 0. The van der Waals surface area contributed by atoms with Crippen molar-refractivity contribution in [2.45, 2.75) is 26.7 Å². The minimum Gasteiger partial charge on any atom is -0.288 e. The Hall–Kier alpha value is -1.96. The standard InChI is InChI=1S/C17H17FO/c1-3-4-13-6-8-14(9-7-13)17(19)15-10-5-12(2)11-16(15)18/h5-11H,3-4H2,1-2H3. The molecule has 0 radical (unpaired) electrons. The van der Waals surface area contributed by atoms with Gasteiger partial charge in [0, 0.05) is 5.56 Å². The van der Waals surface area contributed by atoms with E-state index in [0.717, 1.165) is 18.4 Å². The largest absolute Gasteiger partial charge is 0.288 e. The van der Waals surface area contributed by atoms with Crippen LogP contribution in [0.3, 0.4) is 0 Å². The topological polar surface area (TPSA) is 17.1 Å². The van der Waals surface area contributed by atoms with E-state index in [1.807, 2.05) is 12.1 Å². The zero-order chi connectivity index (χ0) is 13.8. The summed E-state index contributed by atoms with van der Waals surface area (Å²) in [5, 5.41) is 0. The van der Waals surface area contributed by atoms with Gasteiger partial charge in [0.25, 0.3) is 0 Å². The van der Waals surface area contributed by atoms with Crippen LogP contribution < -0.4 is 0 Å². The maximum atomic E-state index is 13.8. The number of carbonyl (C=O) groups is 1. The van der Waals surface area contributed by atoms with Gasteiger partial charge in [-0.1, -0.05) is 43.7 Å². The lowest BCUT2D eigenvalue weighted by Crippen LogP contribution is -2.04. The Kier molecular flexibility index (Phi) is 4.10. The van der Waals surface area contributed by atoms with Gasteiger partial charge in [-0.25, -0.2) is 4.39 Å². The fourth-order valence-corrected chi connectivity index (χ4v) is 2.07. The molecule has 0 bridgehead atoms. The highest BCUT2D eigenvalue weighted by Gasteiger charge is 2.13. The van der Waals surface area contributed by atoms with Gasteiger partial charge >= 0.3 is 0 Å². The summed E-state index contributed by atoms with van der Waals surface area (Å²) in [6.45, 7) is 3.91. The van der Waals surface area contributed by atoms with Crippen LogP contribution in [0.15, 0.2) is 42.5 Å². The van der Waals surface area contributed by atoms with E-state index in [2.05, 4.69) is 6.92 Å². The van der Waals surface area contributed by atoms with Crippen molar-refractivity contribution >= 4 is 5.78 Å². The lowest BCUT2D eigenvalue weighted by molar-refractivity contribution is 0.103. The smallest absolute Gasteiger partial charge is 0.195 e. The fourth-order valence-electron chi connectivity index (χ4n) is 2.07. The molecule has 0 aliphatic heterocycles. The first-order chi connectivity index (χ1) is 9.11. The van der Waals surface area contributed by atoms with Crippen LogP contribution in [0.5, 0.6) is 0 Å². The molecule has 2 aromatic carbocycles. The molecular formula is C17H17FO. The van der Waals surface area contributed by atoms with Gasteiger partial charge in [0.1, 0.15) is 5.82 Å². The van der Waals surface area contributed by atoms with Crippen LogP contribution in [-0.4, -0.2) is 5.78 Å². The molecule has 2 rings (SSSR count). The van der Waals surface area contributed by atoms with Gasteiger partial charge in [-0.2, -0.15) is 0 Å². The van der Waals surface area contributed by atoms with Crippen molar-refractivity contribution < 1.29 is 9.18 Å². The van der Waals surface area contributed by atoms with Crippen LogP contribution in [0.25, 0.3) is 0 Å². The molecule has 0 N–H and O–H groups in total. The van der Waals surface area contributed by atoms with E-state index in [1.165, 1.54) is 11.6 Å². The molecule has 0 fully saturated rings. The monoisotopic (exact) mass is 256 g/mol. The molecule has 0 aliphatic carbocycles. The maximum Gasteiger partial charge on any atom is 0.195 e. The van der Waals surface area contributed by atoms with E-state index in [9.17, 15) is 9.18 Å². The Balaban J connectivity index is 2.28. The van der Waals surface area contributed by atoms with E-state index >= 15 is 0 Å². The molecule has 0 aromatic heterocycles. The number of benzene rings is 2. The Bertz CT molecular complexity index is 585. The lowest BCUT2D eigenvalue weighted by Gasteiger charge is -2.05. The summed E-state index contributed by atoms with van der Waals surface area (Å²) in [6, 6.07) is 12.1. The van der Waals surface area contributed by atoms with E-state index in [0.29, 0.717) is 5.56 Å². The highest BCUT2D eigenvalue weighted by Crippen LogP contribution is 2.16. The SMILES string of the molecule is CCCc1ccc(C(=O)c2ccc(C)cc2F)cc1. The molecule has 1 nitrogen and oxygen atoms in total. The number of aryl methyl sites for hydroxylation is 2. The Morgan fingerprint density at radius 3 is 2.37 bits per heavy atom. The number of halogens is 1. The number of rotatable bonds is 4. The fraction of sp³-hybridized carbons (Fsp3) is 0.235. The highest BCUT2D eigenvalue weighted by molar-refractivity contribution is 6.09. The second-order valence-corrected chi connectivity index (χ2v) is 4.76. The summed E-state index contributed by atoms with van der Waals surface area (Å²) in [6.07, 6.45) is 2.06. The van der Waals surface area contributed by atoms with Crippen LogP contribution in [0.2, 0.25) is 0 Å². The third-order valence-electron chi connectivity index (χ3n) is 3.12. The third kappa shape index (κ3) is 3.08. The molecule has 0 heterocycles. The first kappa shape index (κ1) is 13.5. The number of carbonyl (C=O) groups excluding carboxylic acids is 1. The quantitative estimate of drug-likeness (QED) is 0.745. The number of ketones is 1. The van der Waals surface area contributed by atoms with Crippen molar-refractivity contribution in [1.29, 1.82) is 0 Å². The van der Waals surface area contributed by atoms with Crippen molar-refractivity contribution in [3.63, 3.8) is 0 Å². The van der Waals surface area contributed by atoms with E-state index in [-0.39, 0.29) is 11.3 Å². The van der Waals surface area contributed by atoms with Gasteiger partial charge in [-0.3, -0.25) is 4.79 Å². The van der Waals surface area contributed by atoms with Crippen molar-refractivity contribution in [2.75, 3.05) is 0 Å². The first-order valence-corrected chi connectivity index (χ1v) is 6.51. The van der Waals surface area contributed by atoms with Gasteiger partial charge in [0.05, 0.1) is 5.56 Å². The molecule has 2 heteroatoms. The predicted octanol–water partition coefficient (Wildman–Crippen LogP) is 4.32. The minimum atomic E-state index is -0.456. The van der Waals surface area contributed by atoms with E-state index in [1.54, 1.807) is 31.2 Å². The molecule has 0 aliphatic rings. The molecule has 0 spiro atoms. The van der Waals surface area contributed by atoms with Crippen molar-refractivity contribution in [1.82, 2.24) is 0 Å². The predicted molar refractivity (Wildman–Crippen MR) is 75.0 cm³/mol. The summed E-state index contributed by atoms with van der Waals surface area (Å²) in [7, 11) is 0. The van der Waals surface area contributed by atoms with Gasteiger partial charge in [-0.05, 0) is 36.6 Å². The normalized spacial score (nSPS) is 10.5. The molecule has 0 unspecified atom stereocenters. The summed E-state index contributed by atoms with van der Waals surface area (Å²) in [5.74, 6) is -0.719. The van der Waals surface area contributed by atoms with Crippen LogP contribution in [0.4, 0.5) is 4.39 Å². The van der Waals surface area contributed by atoms with Crippen molar-refractivity contribution in [3.05, 3.63) is 70.5 Å². The molecule has 0 amide bonds. The zero-order valence-electron chi connectivity index (χ0n) is 11.2. The third-order valence-corrected chi connectivity index (χ3v) is 3.12. The molecule has 98 valence electrons. The van der Waals surface area contributed by atoms with Crippen LogP contribution in [-0.2, 0) is 6.42 Å². The van der Waals surface area contributed by atoms with E-state index in [4.69, 9.17) is 0 Å². The van der Waals surface area contributed by atoms with Crippen LogP contribution in [0, 0.1) is 12.7 Å². The molecule has 2 aromatic rings. The molecule has 0 saturated carbocycles. The van der Waals surface area contributed by atoms with Crippen LogP contribution >= 0.6 is 0 Å². The second-order valence-electron chi connectivity index (χ2n) is 4.76. The average Bonchev–Trinajstić information content (AvgIpc) is 2.39. The lowest BCUT2D eigenvalue weighted by atomic mass is 9.99. The number of hydrogen-bond acceptors (Lipinski definition) is 1. The Morgan fingerprint density at radius 2 is 1.79 bits per heavy atom. The first-order valence-electron chi connectivity index (χ1n) is 6.51. The maximum absolute atomic E-state index is 13.8. The average molecular weight is 256 g/mol. The Morgan fingerprint density at radius 1 is 1.11 bits per heavy atom. The molecule has 0 saturated heterocycles. The van der Waals surface area contributed by atoms with Gasteiger partial charge < -0.3 is 0 Å². The molecule has 0 atom stereocenters. The molecular weight excluding hydrogens is 239 g/mol. The van der Waals surface area contributed by atoms with Gasteiger partial charge in [0.2, 0.25) is 0 Å². The second kappa shape index (κ2) is 5.79. The van der Waals surface area contributed by atoms with Crippen LogP contribution in [0.1, 0.15) is 40.4 Å². The summed E-state index contributed by atoms with van der Waals surface area (Å²) < 4.78 is 13.8. The zero-order valence-corrected chi connectivity index (χ0v) is 11.2. The number of hydrogen-bond donors (Lipinski definition) is 0. The molecule has 19 heavy (non-hydrogen) atoms. The highest BCUT2D eigenvalue weighted by atomic mass is 19.1. The van der Waals surface area contributed by atoms with Gasteiger partial charge in [0.15, 0.2) is 5.78 Å². The summed E-state index contributed by atoms with van der Waals surface area (Å²) in [5.41, 5.74) is 2.67. The Labute approximate surface area is 113 Å². The van der Waals surface area contributed by atoms with Crippen molar-refractivity contribution in [2.24, 2.45) is 0 Å². The van der Waals surface area contributed by atoms with Gasteiger partial charge in [-0.15, -0.1) is 0 Å². The van der Waals surface area contributed by atoms with Crippen molar-refractivity contribution in [3.8, 4) is 0 Å². The van der Waals surface area contributed by atoms with E-state index < -0.39 is 5.82 Å². The minimum absolute atomic E-state index is 0.133. The summed E-state index contributed by atoms with van der Waals surface area (Å²) in [4.78, 5) is 12.2.